The van der Waals surface area contributed by atoms with Gasteiger partial charge in [-0.05, 0) is 91.6 Å². The molecule has 3 saturated carbocycles. The van der Waals surface area contributed by atoms with E-state index in [4.69, 9.17) is 5.11 Å². The van der Waals surface area contributed by atoms with Crippen LogP contribution in [0.1, 0.15) is 105 Å². The molecule has 0 aliphatic heterocycles. The van der Waals surface area contributed by atoms with E-state index < -0.39 is 12.2 Å². The SMILES string of the molecule is C=C1/C(=C\C=C2/CCC[C@]3(C)[C@@H]([C@H](C)CCCC(C)C)CC[C@@H]23)C[C@@H](O)[C@@H](CCCCO)[C@@H]1O. The lowest BCUT2D eigenvalue weighted by Gasteiger charge is -2.44. The van der Waals surface area contributed by atoms with E-state index in [2.05, 4.69) is 46.4 Å². The van der Waals surface area contributed by atoms with E-state index in [1.54, 1.807) is 5.57 Å². The van der Waals surface area contributed by atoms with Crippen LogP contribution >= 0.6 is 0 Å². The van der Waals surface area contributed by atoms with Crippen LogP contribution < -0.4 is 0 Å². The van der Waals surface area contributed by atoms with E-state index in [1.165, 1.54) is 51.4 Å². The van der Waals surface area contributed by atoms with Gasteiger partial charge in [0.1, 0.15) is 0 Å². The summed E-state index contributed by atoms with van der Waals surface area (Å²) in [5, 5.41) is 30.6. The summed E-state index contributed by atoms with van der Waals surface area (Å²) >= 11 is 0. The number of hydrogen-bond acceptors (Lipinski definition) is 3. The average molecular weight is 473 g/mol. The highest BCUT2D eigenvalue weighted by Crippen LogP contribution is 2.60. The zero-order valence-corrected chi connectivity index (χ0v) is 22.4. The quantitative estimate of drug-likeness (QED) is 0.301. The molecule has 7 atom stereocenters. The summed E-state index contributed by atoms with van der Waals surface area (Å²) in [6.45, 7) is 14.1. The Labute approximate surface area is 209 Å². The number of fused-ring (bicyclic) bond motifs is 1. The van der Waals surface area contributed by atoms with E-state index in [0.717, 1.165) is 41.7 Å². The van der Waals surface area contributed by atoms with Crippen molar-refractivity contribution in [3.63, 3.8) is 0 Å². The van der Waals surface area contributed by atoms with Crippen LogP contribution in [0.3, 0.4) is 0 Å². The molecule has 3 aliphatic rings. The standard InChI is InChI=1S/C31H52O3/c1-21(2)10-8-11-22(3)27-16-17-28-24(12-9-18-31(27,28)5)14-15-25-20-29(33)26(13-6-7-19-32)30(34)23(25)4/h14-15,21-22,26-30,32-34H,4,6-13,16-20H2,1-3,5H3/b24-14+,25-15-/t22-,26-,27-,28+,29-,30-,31-/m1/s1. The highest BCUT2D eigenvalue weighted by molar-refractivity contribution is 5.39. The van der Waals surface area contributed by atoms with Gasteiger partial charge in [-0.3, -0.25) is 0 Å². The van der Waals surface area contributed by atoms with Gasteiger partial charge in [0.05, 0.1) is 12.2 Å². The summed E-state index contributed by atoms with van der Waals surface area (Å²) in [4.78, 5) is 0. The van der Waals surface area contributed by atoms with Gasteiger partial charge in [0.15, 0.2) is 0 Å². The number of aliphatic hydroxyl groups is 3. The summed E-state index contributed by atoms with van der Waals surface area (Å²) in [6.07, 6.45) is 16.7. The maximum atomic E-state index is 10.8. The molecule has 34 heavy (non-hydrogen) atoms. The number of allylic oxidation sites excluding steroid dienone is 3. The lowest BCUT2D eigenvalue weighted by Crippen LogP contribution is -2.38. The molecule has 0 amide bonds. The summed E-state index contributed by atoms with van der Waals surface area (Å²) < 4.78 is 0. The number of unbranched alkanes of at least 4 members (excludes halogenated alkanes) is 1. The van der Waals surface area contributed by atoms with Crippen LogP contribution in [0.2, 0.25) is 0 Å². The molecule has 3 N–H and O–H groups in total. The molecule has 0 heterocycles. The van der Waals surface area contributed by atoms with Crippen molar-refractivity contribution in [1.82, 2.24) is 0 Å². The molecule has 0 unspecified atom stereocenters. The molecule has 0 aromatic heterocycles. The molecule has 0 saturated heterocycles. The first-order chi connectivity index (χ1) is 16.2. The van der Waals surface area contributed by atoms with Crippen LogP contribution in [0.25, 0.3) is 0 Å². The molecule has 0 aromatic rings. The minimum absolute atomic E-state index is 0.163. The third-order valence-corrected chi connectivity index (χ3v) is 9.71. The highest BCUT2D eigenvalue weighted by atomic mass is 16.3. The molecule has 3 fully saturated rings. The van der Waals surface area contributed by atoms with Crippen LogP contribution in [0.4, 0.5) is 0 Å². The zero-order valence-electron chi connectivity index (χ0n) is 22.4. The van der Waals surface area contributed by atoms with Crippen LogP contribution in [0.15, 0.2) is 35.5 Å². The molecule has 3 aliphatic carbocycles. The van der Waals surface area contributed by atoms with Gasteiger partial charge in [0, 0.05) is 12.5 Å². The third kappa shape index (κ3) is 6.26. The molecule has 3 rings (SSSR count). The minimum atomic E-state index is -0.689. The monoisotopic (exact) mass is 472 g/mol. The van der Waals surface area contributed by atoms with Gasteiger partial charge < -0.3 is 15.3 Å². The van der Waals surface area contributed by atoms with Gasteiger partial charge in [0.25, 0.3) is 0 Å². The Morgan fingerprint density at radius 2 is 1.82 bits per heavy atom. The fourth-order valence-electron chi connectivity index (χ4n) is 7.65. The smallest absolute Gasteiger partial charge is 0.0839 e. The molecule has 0 spiro atoms. The first-order valence-corrected chi connectivity index (χ1v) is 14.2. The molecule has 0 bridgehead atoms. The summed E-state index contributed by atoms with van der Waals surface area (Å²) in [7, 11) is 0. The predicted molar refractivity (Wildman–Crippen MR) is 142 cm³/mol. The molecular weight excluding hydrogens is 420 g/mol. The van der Waals surface area contributed by atoms with Crippen molar-refractivity contribution < 1.29 is 15.3 Å². The Balaban J connectivity index is 1.68. The lowest BCUT2D eigenvalue weighted by atomic mass is 9.60. The van der Waals surface area contributed by atoms with Crippen molar-refractivity contribution in [1.29, 1.82) is 0 Å². The average Bonchev–Trinajstić information content (AvgIpc) is 3.15. The molecule has 194 valence electrons. The molecule has 3 heteroatoms. The maximum absolute atomic E-state index is 10.8. The van der Waals surface area contributed by atoms with Crippen molar-refractivity contribution in [2.24, 2.45) is 35.0 Å². The van der Waals surface area contributed by atoms with E-state index in [-0.39, 0.29) is 12.5 Å². The van der Waals surface area contributed by atoms with Crippen molar-refractivity contribution in [3.05, 3.63) is 35.5 Å². The second-order valence-corrected chi connectivity index (χ2v) is 12.5. The van der Waals surface area contributed by atoms with E-state index in [0.29, 0.717) is 24.2 Å². The van der Waals surface area contributed by atoms with Crippen LogP contribution in [-0.4, -0.2) is 34.1 Å². The van der Waals surface area contributed by atoms with Crippen molar-refractivity contribution in [2.75, 3.05) is 6.61 Å². The normalized spacial score (nSPS) is 37.5. The Morgan fingerprint density at radius 1 is 1.06 bits per heavy atom. The van der Waals surface area contributed by atoms with E-state index in [9.17, 15) is 10.2 Å². The third-order valence-electron chi connectivity index (χ3n) is 9.71. The number of rotatable bonds is 10. The van der Waals surface area contributed by atoms with Gasteiger partial charge in [-0.15, -0.1) is 0 Å². The minimum Gasteiger partial charge on any atom is -0.396 e. The summed E-state index contributed by atoms with van der Waals surface area (Å²) in [5.74, 6) is 2.94. The van der Waals surface area contributed by atoms with Crippen LogP contribution in [0, 0.1) is 35.0 Å². The highest BCUT2D eigenvalue weighted by Gasteiger charge is 2.50. The number of aliphatic hydroxyl groups excluding tert-OH is 3. The van der Waals surface area contributed by atoms with E-state index >= 15 is 0 Å². The van der Waals surface area contributed by atoms with E-state index in [1.807, 2.05) is 0 Å². The number of hydrogen-bond donors (Lipinski definition) is 3. The Morgan fingerprint density at radius 3 is 2.53 bits per heavy atom. The van der Waals surface area contributed by atoms with Crippen molar-refractivity contribution in [2.45, 2.75) is 117 Å². The Bertz CT molecular complexity index is 735. The van der Waals surface area contributed by atoms with Gasteiger partial charge in [-0.1, -0.05) is 77.7 Å². The van der Waals surface area contributed by atoms with Crippen LogP contribution in [0.5, 0.6) is 0 Å². The summed E-state index contributed by atoms with van der Waals surface area (Å²) in [5.41, 5.74) is 3.79. The zero-order chi connectivity index (χ0) is 24.9. The molecule has 0 aromatic carbocycles. The largest absolute Gasteiger partial charge is 0.396 e. The fourth-order valence-corrected chi connectivity index (χ4v) is 7.65. The maximum Gasteiger partial charge on any atom is 0.0839 e. The van der Waals surface area contributed by atoms with Gasteiger partial charge in [-0.25, -0.2) is 0 Å². The predicted octanol–water partition coefficient (Wildman–Crippen LogP) is 6.98. The Hall–Kier alpha value is -0.900. The lowest BCUT2D eigenvalue weighted by molar-refractivity contribution is 0.0124. The molecule has 3 nitrogen and oxygen atoms in total. The van der Waals surface area contributed by atoms with Gasteiger partial charge in [-0.2, -0.15) is 0 Å². The second-order valence-electron chi connectivity index (χ2n) is 12.5. The van der Waals surface area contributed by atoms with Crippen molar-refractivity contribution in [3.8, 4) is 0 Å². The van der Waals surface area contributed by atoms with Gasteiger partial charge >= 0.3 is 0 Å². The van der Waals surface area contributed by atoms with Gasteiger partial charge in [0.2, 0.25) is 0 Å². The first-order valence-electron chi connectivity index (χ1n) is 14.2. The summed E-state index contributed by atoms with van der Waals surface area (Å²) in [6, 6.07) is 0. The Kier molecular flexibility index (Phi) is 10.1. The molecular formula is C31H52O3. The first kappa shape index (κ1) is 27.7. The topological polar surface area (TPSA) is 60.7 Å². The van der Waals surface area contributed by atoms with Crippen molar-refractivity contribution >= 4 is 0 Å². The molecule has 0 radical (unpaired) electrons. The fraction of sp³-hybridized carbons (Fsp3) is 0.806. The second kappa shape index (κ2) is 12.4. The van der Waals surface area contributed by atoms with Crippen LogP contribution in [-0.2, 0) is 0 Å².